The normalized spacial score (nSPS) is 16.8. The summed E-state index contributed by atoms with van der Waals surface area (Å²) in [5, 5.41) is 17.0. The molecule has 0 radical (unpaired) electrons. The number of ether oxygens (including phenoxy) is 1. The second-order valence-corrected chi connectivity index (χ2v) is 14.6. The number of hydrogen-bond acceptors (Lipinski definition) is 9. The number of carbonyl (C=O) groups is 3. The Labute approximate surface area is 283 Å². The minimum atomic E-state index is -4.04. The van der Waals surface area contributed by atoms with Crippen LogP contribution in [0.25, 0.3) is 10.2 Å². The lowest BCUT2D eigenvalue weighted by Crippen LogP contribution is -2.53. The number of fused-ring (bicyclic) bond motifs is 1. The van der Waals surface area contributed by atoms with Crippen LogP contribution in [-0.4, -0.2) is 85.7 Å². The first-order valence-corrected chi connectivity index (χ1v) is 18.0. The molecule has 0 bridgehead atoms. The van der Waals surface area contributed by atoms with Gasteiger partial charge in [-0.15, -0.1) is 11.3 Å². The second-order valence-electron chi connectivity index (χ2n) is 11.8. The second kappa shape index (κ2) is 15.2. The Kier molecular flexibility index (Phi) is 11.1. The van der Waals surface area contributed by atoms with Crippen LogP contribution in [0.15, 0.2) is 83.2 Å². The van der Waals surface area contributed by atoms with Gasteiger partial charge in [0.2, 0.25) is 10.0 Å². The van der Waals surface area contributed by atoms with Gasteiger partial charge in [0.25, 0.3) is 11.8 Å². The number of aliphatic hydroxyl groups excluding tert-OH is 1. The average Bonchev–Trinajstić information content (AvgIpc) is 3.73. The van der Waals surface area contributed by atoms with E-state index in [-0.39, 0.29) is 42.8 Å². The molecule has 14 heteroatoms. The van der Waals surface area contributed by atoms with Crippen LogP contribution >= 0.6 is 11.3 Å². The van der Waals surface area contributed by atoms with Crippen LogP contribution in [-0.2, 0) is 26.0 Å². The monoisotopic (exact) mass is 693 g/mol. The summed E-state index contributed by atoms with van der Waals surface area (Å²) in [7, 11) is -2.54. The zero-order valence-electron chi connectivity index (χ0n) is 26.9. The fourth-order valence-corrected chi connectivity index (χ4v) is 7.82. The number of amides is 3. The first-order valence-electron chi connectivity index (χ1n) is 15.7. The number of rotatable bonds is 14. The van der Waals surface area contributed by atoms with Crippen molar-refractivity contribution in [3.63, 3.8) is 0 Å². The third kappa shape index (κ3) is 8.01. The highest BCUT2D eigenvalue weighted by atomic mass is 32.2. The van der Waals surface area contributed by atoms with E-state index in [1.807, 2.05) is 44.2 Å². The van der Waals surface area contributed by atoms with Crippen molar-refractivity contribution < 1.29 is 32.6 Å². The zero-order valence-corrected chi connectivity index (χ0v) is 28.5. The molecular formula is C34H39N5O7S2. The number of nitrogens with zero attached hydrogens (tertiary/aromatic N) is 3. The molecule has 5 rings (SSSR count). The number of thiazole rings is 1. The van der Waals surface area contributed by atoms with E-state index >= 15 is 0 Å². The van der Waals surface area contributed by atoms with E-state index in [1.54, 1.807) is 35.8 Å². The van der Waals surface area contributed by atoms with Crippen molar-refractivity contribution in [3.05, 3.63) is 89.4 Å². The number of aliphatic hydroxyl groups is 1. The number of cyclic esters (lactones) is 1. The molecule has 2 heterocycles. The van der Waals surface area contributed by atoms with E-state index in [4.69, 9.17) is 4.74 Å². The number of sulfonamides is 1. The van der Waals surface area contributed by atoms with Crippen molar-refractivity contribution >= 4 is 55.2 Å². The number of aromatic nitrogens is 1. The van der Waals surface area contributed by atoms with Gasteiger partial charge < -0.3 is 20.5 Å². The van der Waals surface area contributed by atoms with Gasteiger partial charge in [0, 0.05) is 31.4 Å². The third-order valence-corrected chi connectivity index (χ3v) is 11.0. The van der Waals surface area contributed by atoms with E-state index in [0.29, 0.717) is 16.8 Å². The smallest absolute Gasteiger partial charge is 0.415 e. The van der Waals surface area contributed by atoms with Crippen LogP contribution in [0.4, 0.5) is 10.5 Å². The predicted molar refractivity (Wildman–Crippen MR) is 183 cm³/mol. The molecule has 0 spiro atoms. The third-order valence-electron chi connectivity index (χ3n) is 8.39. The van der Waals surface area contributed by atoms with Crippen molar-refractivity contribution in [2.45, 2.75) is 49.8 Å². The summed E-state index contributed by atoms with van der Waals surface area (Å²) in [5.41, 5.74) is 3.89. The van der Waals surface area contributed by atoms with Gasteiger partial charge in [-0.2, -0.15) is 4.31 Å². The molecule has 3 amide bonds. The number of carbonyl (C=O) groups excluding carboxylic acids is 3. The van der Waals surface area contributed by atoms with Crippen LogP contribution in [0.1, 0.15) is 36.2 Å². The molecule has 3 N–H and O–H groups in total. The van der Waals surface area contributed by atoms with E-state index in [2.05, 4.69) is 15.6 Å². The molecule has 0 aliphatic carbocycles. The van der Waals surface area contributed by atoms with Gasteiger partial charge in [-0.05, 0) is 54.3 Å². The first kappa shape index (κ1) is 35.0. The van der Waals surface area contributed by atoms with Gasteiger partial charge in [0.1, 0.15) is 0 Å². The standard InChI is InChI=1S/C34H39N5O7S2/c1-4-22(2)18-38(48(44,45)26-13-14-27-31(17-26)47-21-36-27)19-29(40)28(15-23-9-6-5-7-10-23)37-33(42)30-20-39(34(43)46-30)25-12-8-11-24(16-25)32(41)35-3/h5-14,16-17,21-22,28-30,40H,4,15,18-20H2,1-3H3,(H,35,41)(H,37,42)/t22-,28?,29-,30?/m1/s1. The van der Waals surface area contributed by atoms with Gasteiger partial charge in [0.05, 0.1) is 39.3 Å². The summed E-state index contributed by atoms with van der Waals surface area (Å²) in [6.45, 7) is 3.66. The quantitative estimate of drug-likeness (QED) is 0.180. The van der Waals surface area contributed by atoms with Gasteiger partial charge in [-0.25, -0.2) is 18.2 Å². The van der Waals surface area contributed by atoms with E-state index in [0.717, 1.165) is 16.7 Å². The molecule has 3 aromatic carbocycles. The maximum atomic E-state index is 14.0. The molecule has 1 saturated heterocycles. The van der Waals surface area contributed by atoms with E-state index in [9.17, 15) is 27.9 Å². The number of anilines is 1. The Hall–Kier alpha value is -4.37. The van der Waals surface area contributed by atoms with E-state index in [1.165, 1.54) is 39.7 Å². The Morgan fingerprint density at radius 1 is 1.10 bits per heavy atom. The van der Waals surface area contributed by atoms with Crippen molar-refractivity contribution in [2.75, 3.05) is 31.6 Å². The number of benzene rings is 3. The Balaban J connectivity index is 1.37. The molecule has 4 aromatic rings. The molecule has 4 atom stereocenters. The van der Waals surface area contributed by atoms with Gasteiger partial charge in [0.15, 0.2) is 6.10 Å². The maximum absolute atomic E-state index is 14.0. The van der Waals surface area contributed by atoms with Gasteiger partial charge in [-0.3, -0.25) is 14.5 Å². The molecule has 1 aliphatic heterocycles. The van der Waals surface area contributed by atoms with Crippen LogP contribution < -0.4 is 15.5 Å². The average molecular weight is 694 g/mol. The Morgan fingerprint density at radius 3 is 2.60 bits per heavy atom. The topological polar surface area (TPSA) is 158 Å². The molecule has 254 valence electrons. The number of nitrogens with one attached hydrogen (secondary N) is 2. The van der Waals surface area contributed by atoms with Gasteiger partial charge >= 0.3 is 6.09 Å². The molecule has 1 aliphatic rings. The summed E-state index contributed by atoms with van der Waals surface area (Å²) in [4.78, 5) is 44.2. The van der Waals surface area contributed by atoms with Crippen LogP contribution in [0.3, 0.4) is 0 Å². The lowest BCUT2D eigenvalue weighted by molar-refractivity contribution is -0.129. The molecule has 0 saturated carbocycles. The molecule has 48 heavy (non-hydrogen) atoms. The van der Waals surface area contributed by atoms with Crippen LogP contribution in [0.2, 0.25) is 0 Å². The summed E-state index contributed by atoms with van der Waals surface area (Å²) in [6, 6.07) is 19.4. The van der Waals surface area contributed by atoms with Crippen molar-refractivity contribution in [2.24, 2.45) is 5.92 Å². The predicted octanol–water partition coefficient (Wildman–Crippen LogP) is 3.81. The minimum absolute atomic E-state index is 0.00735. The fraction of sp³-hybridized carbons (Fsp3) is 0.353. The zero-order chi connectivity index (χ0) is 34.4. The van der Waals surface area contributed by atoms with Gasteiger partial charge in [-0.1, -0.05) is 56.7 Å². The summed E-state index contributed by atoms with van der Waals surface area (Å²) >= 11 is 1.34. The lowest BCUT2D eigenvalue weighted by Gasteiger charge is -2.31. The SMILES string of the molecule is CC[C@@H](C)CN(C[C@@H](O)C(Cc1ccccc1)NC(=O)C1CN(c2cccc(C(=O)NC)c2)C(=O)O1)S(=O)(=O)c1ccc2ncsc2c1. The van der Waals surface area contributed by atoms with Crippen molar-refractivity contribution in [1.29, 1.82) is 0 Å². The molecule has 2 unspecified atom stereocenters. The van der Waals surface area contributed by atoms with Crippen LogP contribution in [0, 0.1) is 5.92 Å². The van der Waals surface area contributed by atoms with Crippen molar-refractivity contribution in [3.8, 4) is 0 Å². The highest BCUT2D eigenvalue weighted by Gasteiger charge is 2.39. The van der Waals surface area contributed by atoms with Crippen LogP contribution in [0.5, 0.6) is 0 Å². The lowest BCUT2D eigenvalue weighted by atomic mass is 10.0. The molecule has 12 nitrogen and oxygen atoms in total. The highest BCUT2D eigenvalue weighted by molar-refractivity contribution is 7.89. The molecule has 1 aromatic heterocycles. The Morgan fingerprint density at radius 2 is 1.88 bits per heavy atom. The molecular weight excluding hydrogens is 655 g/mol. The largest absolute Gasteiger partial charge is 0.434 e. The first-order chi connectivity index (χ1) is 23.0. The fourth-order valence-electron chi connectivity index (χ4n) is 5.42. The summed E-state index contributed by atoms with van der Waals surface area (Å²) in [5.74, 6) is -0.975. The number of hydrogen-bond donors (Lipinski definition) is 3. The molecule has 1 fully saturated rings. The maximum Gasteiger partial charge on any atom is 0.415 e. The Bertz CT molecular complexity index is 1870. The minimum Gasteiger partial charge on any atom is -0.434 e. The van der Waals surface area contributed by atoms with E-state index < -0.39 is 40.3 Å². The highest BCUT2D eigenvalue weighted by Crippen LogP contribution is 2.26. The van der Waals surface area contributed by atoms with Crippen molar-refractivity contribution in [1.82, 2.24) is 19.9 Å². The summed E-state index contributed by atoms with van der Waals surface area (Å²) in [6.07, 6.45) is -2.38. The summed E-state index contributed by atoms with van der Waals surface area (Å²) < 4.78 is 35.4.